The molecule has 0 saturated heterocycles. The highest BCUT2D eigenvalue weighted by molar-refractivity contribution is 9.11. The minimum atomic E-state index is -0.455. The standard InChI is InChI=1S/C17H15Br3O3/c1-3-6-22-15-5-4-11(18)8-13(15)17(21)23-16-10(2)7-12(19)9-14(16)20/h4-5,7-9H,3,6H2,1-2H3. The van der Waals surface area contributed by atoms with Crippen molar-refractivity contribution in [1.82, 2.24) is 0 Å². The van der Waals surface area contributed by atoms with Crippen molar-refractivity contribution < 1.29 is 14.3 Å². The maximum absolute atomic E-state index is 12.6. The predicted octanol–water partition coefficient (Wildman–Crippen LogP) is 6.29. The Labute approximate surface area is 160 Å². The molecule has 0 amide bonds. The Bertz CT molecular complexity index is 706. The number of esters is 1. The van der Waals surface area contributed by atoms with Crippen LogP contribution in [0.1, 0.15) is 29.3 Å². The molecule has 0 N–H and O–H groups in total. The van der Waals surface area contributed by atoms with E-state index in [1.165, 1.54) is 0 Å². The Kier molecular flexibility index (Phi) is 6.68. The molecule has 0 radical (unpaired) electrons. The fourth-order valence-electron chi connectivity index (χ4n) is 1.97. The van der Waals surface area contributed by atoms with Gasteiger partial charge < -0.3 is 9.47 Å². The van der Waals surface area contributed by atoms with Gasteiger partial charge in [0.05, 0.1) is 11.1 Å². The highest BCUT2D eigenvalue weighted by atomic mass is 79.9. The lowest BCUT2D eigenvalue weighted by Crippen LogP contribution is -2.12. The van der Waals surface area contributed by atoms with Crippen LogP contribution in [0.25, 0.3) is 0 Å². The monoisotopic (exact) mass is 504 g/mol. The van der Waals surface area contributed by atoms with Crippen molar-refractivity contribution in [3.63, 3.8) is 0 Å². The summed E-state index contributed by atoms with van der Waals surface area (Å²) in [6.07, 6.45) is 0.863. The van der Waals surface area contributed by atoms with Crippen LogP contribution in [0.4, 0.5) is 0 Å². The van der Waals surface area contributed by atoms with Crippen LogP contribution in [0.3, 0.4) is 0 Å². The number of hydrogen-bond acceptors (Lipinski definition) is 3. The van der Waals surface area contributed by atoms with Crippen molar-refractivity contribution in [3.8, 4) is 11.5 Å². The van der Waals surface area contributed by atoms with Gasteiger partial charge in [-0.05, 0) is 65.2 Å². The molecular weight excluding hydrogens is 492 g/mol. The van der Waals surface area contributed by atoms with E-state index in [1.807, 2.05) is 32.0 Å². The molecule has 2 aromatic carbocycles. The van der Waals surface area contributed by atoms with E-state index in [2.05, 4.69) is 47.8 Å². The molecule has 0 fully saturated rings. The highest BCUT2D eigenvalue weighted by Gasteiger charge is 2.18. The van der Waals surface area contributed by atoms with Crippen LogP contribution in [0.2, 0.25) is 0 Å². The average Bonchev–Trinajstić information content (AvgIpc) is 2.49. The van der Waals surface area contributed by atoms with Gasteiger partial charge in [0.1, 0.15) is 17.1 Å². The molecular formula is C17H15Br3O3. The van der Waals surface area contributed by atoms with Gasteiger partial charge in [-0.15, -0.1) is 0 Å². The first-order chi connectivity index (χ1) is 10.9. The molecule has 23 heavy (non-hydrogen) atoms. The van der Waals surface area contributed by atoms with E-state index in [0.717, 1.165) is 20.9 Å². The first-order valence-corrected chi connectivity index (χ1v) is 9.40. The number of carbonyl (C=O) groups is 1. The third-order valence-electron chi connectivity index (χ3n) is 3.01. The van der Waals surface area contributed by atoms with E-state index >= 15 is 0 Å². The zero-order valence-corrected chi connectivity index (χ0v) is 17.4. The highest BCUT2D eigenvalue weighted by Crippen LogP contribution is 2.34. The largest absolute Gasteiger partial charge is 0.493 e. The SMILES string of the molecule is CCCOc1ccc(Br)cc1C(=O)Oc1c(C)cc(Br)cc1Br. The van der Waals surface area contributed by atoms with Crippen LogP contribution >= 0.6 is 47.8 Å². The maximum atomic E-state index is 12.6. The second-order valence-corrected chi connectivity index (χ2v) is 7.60. The van der Waals surface area contributed by atoms with Crippen LogP contribution in [0.15, 0.2) is 43.7 Å². The molecule has 6 heteroatoms. The van der Waals surface area contributed by atoms with E-state index in [1.54, 1.807) is 12.1 Å². The Morgan fingerprint density at radius 3 is 2.48 bits per heavy atom. The van der Waals surface area contributed by atoms with Gasteiger partial charge in [-0.1, -0.05) is 38.8 Å². The van der Waals surface area contributed by atoms with Crippen LogP contribution < -0.4 is 9.47 Å². The third-order valence-corrected chi connectivity index (χ3v) is 4.55. The third kappa shape index (κ3) is 4.81. The summed E-state index contributed by atoms with van der Waals surface area (Å²) in [5, 5.41) is 0. The fourth-order valence-corrected chi connectivity index (χ4v) is 3.85. The minimum Gasteiger partial charge on any atom is -0.493 e. The number of rotatable bonds is 5. The number of halogens is 3. The van der Waals surface area contributed by atoms with Crippen molar-refractivity contribution in [2.24, 2.45) is 0 Å². The van der Waals surface area contributed by atoms with Crippen LogP contribution in [-0.4, -0.2) is 12.6 Å². The second kappa shape index (κ2) is 8.31. The van der Waals surface area contributed by atoms with Crippen molar-refractivity contribution in [1.29, 1.82) is 0 Å². The zero-order chi connectivity index (χ0) is 17.0. The summed E-state index contributed by atoms with van der Waals surface area (Å²) in [6, 6.07) is 9.03. The van der Waals surface area contributed by atoms with Gasteiger partial charge in [0.25, 0.3) is 0 Å². The van der Waals surface area contributed by atoms with Crippen molar-refractivity contribution in [2.45, 2.75) is 20.3 Å². The van der Waals surface area contributed by atoms with Gasteiger partial charge in [-0.2, -0.15) is 0 Å². The molecule has 122 valence electrons. The lowest BCUT2D eigenvalue weighted by atomic mass is 10.2. The van der Waals surface area contributed by atoms with E-state index in [4.69, 9.17) is 9.47 Å². The molecule has 0 aliphatic heterocycles. The summed E-state index contributed by atoms with van der Waals surface area (Å²) < 4.78 is 13.6. The first kappa shape index (κ1) is 18.5. The van der Waals surface area contributed by atoms with E-state index in [0.29, 0.717) is 28.1 Å². The lowest BCUT2D eigenvalue weighted by molar-refractivity contribution is 0.0727. The molecule has 0 bridgehead atoms. The maximum Gasteiger partial charge on any atom is 0.347 e. The normalized spacial score (nSPS) is 10.5. The number of hydrogen-bond donors (Lipinski definition) is 0. The summed E-state index contributed by atoms with van der Waals surface area (Å²) in [5.74, 6) is 0.564. The number of aryl methyl sites for hydroxylation is 1. The zero-order valence-electron chi connectivity index (χ0n) is 12.7. The fraction of sp³-hybridized carbons (Fsp3) is 0.235. The Morgan fingerprint density at radius 2 is 1.83 bits per heavy atom. The smallest absolute Gasteiger partial charge is 0.347 e. The summed E-state index contributed by atoms with van der Waals surface area (Å²) in [6.45, 7) is 4.44. The Balaban J connectivity index is 2.32. The Hall–Kier alpha value is -0.850. The summed E-state index contributed by atoms with van der Waals surface area (Å²) in [4.78, 5) is 12.6. The van der Waals surface area contributed by atoms with Gasteiger partial charge in [0, 0.05) is 8.95 Å². The van der Waals surface area contributed by atoms with E-state index in [-0.39, 0.29) is 0 Å². The summed E-state index contributed by atoms with van der Waals surface area (Å²) in [5.41, 5.74) is 1.24. The van der Waals surface area contributed by atoms with Crippen LogP contribution in [0.5, 0.6) is 11.5 Å². The molecule has 2 aromatic rings. The Morgan fingerprint density at radius 1 is 1.09 bits per heavy atom. The van der Waals surface area contributed by atoms with E-state index < -0.39 is 5.97 Å². The van der Waals surface area contributed by atoms with Crippen molar-refractivity contribution in [2.75, 3.05) is 6.61 Å². The molecule has 0 spiro atoms. The molecule has 3 nitrogen and oxygen atoms in total. The topological polar surface area (TPSA) is 35.5 Å². The predicted molar refractivity (Wildman–Crippen MR) is 101 cm³/mol. The molecule has 0 atom stereocenters. The lowest BCUT2D eigenvalue weighted by Gasteiger charge is -2.13. The van der Waals surface area contributed by atoms with E-state index in [9.17, 15) is 4.79 Å². The molecule has 0 unspecified atom stereocenters. The van der Waals surface area contributed by atoms with Crippen LogP contribution in [-0.2, 0) is 0 Å². The number of carbonyl (C=O) groups excluding carboxylic acids is 1. The van der Waals surface area contributed by atoms with Gasteiger partial charge >= 0.3 is 5.97 Å². The molecule has 0 aliphatic carbocycles. The minimum absolute atomic E-state index is 0.391. The van der Waals surface area contributed by atoms with Gasteiger partial charge in [0.15, 0.2) is 0 Å². The summed E-state index contributed by atoms with van der Waals surface area (Å²) in [7, 11) is 0. The summed E-state index contributed by atoms with van der Waals surface area (Å²) >= 11 is 10.2. The first-order valence-electron chi connectivity index (χ1n) is 7.02. The van der Waals surface area contributed by atoms with Gasteiger partial charge in [-0.3, -0.25) is 0 Å². The molecule has 0 saturated carbocycles. The molecule has 0 heterocycles. The molecule has 2 rings (SSSR count). The molecule has 0 aromatic heterocycles. The van der Waals surface area contributed by atoms with Crippen molar-refractivity contribution in [3.05, 3.63) is 54.9 Å². The molecule has 0 aliphatic rings. The quantitative estimate of drug-likeness (QED) is 0.353. The average molecular weight is 507 g/mol. The number of ether oxygens (including phenoxy) is 2. The van der Waals surface area contributed by atoms with Crippen LogP contribution in [0, 0.1) is 6.92 Å². The number of benzene rings is 2. The van der Waals surface area contributed by atoms with Gasteiger partial charge in [-0.25, -0.2) is 4.79 Å². The van der Waals surface area contributed by atoms with Crippen molar-refractivity contribution >= 4 is 53.8 Å². The van der Waals surface area contributed by atoms with Gasteiger partial charge in [0.2, 0.25) is 0 Å². The second-order valence-electron chi connectivity index (χ2n) is 4.91.